The molecule has 0 heterocycles. The van der Waals surface area contributed by atoms with Crippen molar-refractivity contribution in [1.82, 2.24) is 5.32 Å². The predicted molar refractivity (Wildman–Crippen MR) is 71.5 cm³/mol. The molecule has 0 spiro atoms. The van der Waals surface area contributed by atoms with Crippen molar-refractivity contribution in [3.8, 4) is 0 Å². The van der Waals surface area contributed by atoms with Gasteiger partial charge in [0.1, 0.15) is 0 Å². The number of carbonyl (C=O) groups is 1. The fraction of sp³-hybridized carbons (Fsp3) is 0.533. The topological polar surface area (TPSA) is 38.3 Å². The lowest BCUT2D eigenvalue weighted by atomic mass is 10.1. The van der Waals surface area contributed by atoms with Crippen LogP contribution in [0.3, 0.4) is 0 Å². The van der Waals surface area contributed by atoms with Gasteiger partial charge in [0.15, 0.2) is 0 Å². The van der Waals surface area contributed by atoms with Crippen molar-refractivity contribution < 1.29 is 22.7 Å². The molecule has 116 valence electrons. The molecule has 3 nitrogen and oxygen atoms in total. The van der Waals surface area contributed by atoms with Crippen molar-refractivity contribution in [2.45, 2.75) is 44.4 Å². The van der Waals surface area contributed by atoms with E-state index in [1.807, 2.05) is 0 Å². The summed E-state index contributed by atoms with van der Waals surface area (Å²) in [7, 11) is 0. The number of rotatable bonds is 6. The van der Waals surface area contributed by atoms with Gasteiger partial charge < -0.3 is 10.1 Å². The van der Waals surface area contributed by atoms with Gasteiger partial charge in [-0.05, 0) is 37.5 Å². The van der Waals surface area contributed by atoms with Crippen molar-refractivity contribution >= 4 is 5.97 Å². The summed E-state index contributed by atoms with van der Waals surface area (Å²) in [6.45, 7) is 2.55. The average Bonchev–Trinajstić information content (AvgIpc) is 3.16. The zero-order valence-corrected chi connectivity index (χ0v) is 11.8. The Morgan fingerprint density at radius 3 is 2.38 bits per heavy atom. The van der Waals surface area contributed by atoms with Gasteiger partial charge in [-0.3, -0.25) is 4.79 Å². The van der Waals surface area contributed by atoms with Crippen LogP contribution in [0, 0.1) is 0 Å². The Bertz CT molecular complexity index is 493. The second-order valence-electron chi connectivity index (χ2n) is 5.31. The van der Waals surface area contributed by atoms with E-state index in [1.165, 1.54) is 12.1 Å². The third kappa shape index (κ3) is 4.46. The van der Waals surface area contributed by atoms with Gasteiger partial charge in [0, 0.05) is 12.1 Å². The second-order valence-corrected chi connectivity index (χ2v) is 5.31. The summed E-state index contributed by atoms with van der Waals surface area (Å²) in [5, 5.41) is 3.25. The van der Waals surface area contributed by atoms with Crippen LogP contribution in [0.2, 0.25) is 0 Å². The molecule has 0 aliphatic heterocycles. The highest BCUT2D eigenvalue weighted by molar-refractivity contribution is 5.71. The first kappa shape index (κ1) is 15.8. The first-order valence-electron chi connectivity index (χ1n) is 6.91. The number of carbonyl (C=O) groups excluding carboxylic acids is 1. The van der Waals surface area contributed by atoms with Gasteiger partial charge in [-0.25, -0.2) is 0 Å². The Morgan fingerprint density at radius 2 is 1.90 bits per heavy atom. The van der Waals surface area contributed by atoms with E-state index in [1.54, 1.807) is 6.92 Å². The number of benzene rings is 1. The molecule has 21 heavy (non-hydrogen) atoms. The van der Waals surface area contributed by atoms with Gasteiger partial charge in [0.2, 0.25) is 0 Å². The van der Waals surface area contributed by atoms with Crippen LogP contribution in [0.25, 0.3) is 0 Å². The molecule has 1 aromatic carbocycles. The minimum absolute atomic E-state index is 0.241. The third-order valence-corrected chi connectivity index (χ3v) is 3.59. The SMILES string of the molecule is CCOC(=O)CC1(NCc2ccc(C(F)(F)F)cc2)CC1. The number of halogens is 3. The van der Waals surface area contributed by atoms with E-state index in [0.717, 1.165) is 30.5 Å². The highest BCUT2D eigenvalue weighted by atomic mass is 19.4. The quantitative estimate of drug-likeness (QED) is 0.820. The fourth-order valence-electron chi connectivity index (χ4n) is 2.16. The highest BCUT2D eigenvalue weighted by Crippen LogP contribution is 2.39. The van der Waals surface area contributed by atoms with E-state index in [-0.39, 0.29) is 11.5 Å². The summed E-state index contributed by atoms with van der Waals surface area (Å²) < 4.78 is 42.3. The van der Waals surface area contributed by atoms with E-state index >= 15 is 0 Å². The molecule has 1 aliphatic carbocycles. The number of nitrogens with one attached hydrogen (secondary N) is 1. The first-order valence-corrected chi connectivity index (χ1v) is 6.91. The number of alkyl halides is 3. The molecule has 2 rings (SSSR count). The Balaban J connectivity index is 1.87. The lowest BCUT2D eigenvalue weighted by Crippen LogP contribution is -2.33. The van der Waals surface area contributed by atoms with Crippen molar-refractivity contribution in [2.75, 3.05) is 6.61 Å². The lowest BCUT2D eigenvalue weighted by molar-refractivity contribution is -0.144. The molecule has 0 radical (unpaired) electrons. The predicted octanol–water partition coefficient (Wildman–Crippen LogP) is 3.28. The highest BCUT2D eigenvalue weighted by Gasteiger charge is 2.44. The zero-order valence-electron chi connectivity index (χ0n) is 11.8. The fourth-order valence-corrected chi connectivity index (χ4v) is 2.16. The third-order valence-electron chi connectivity index (χ3n) is 3.59. The molecule has 1 aliphatic rings. The minimum Gasteiger partial charge on any atom is -0.466 e. The molecular weight excluding hydrogens is 283 g/mol. The van der Waals surface area contributed by atoms with Gasteiger partial charge in [-0.2, -0.15) is 13.2 Å². The van der Waals surface area contributed by atoms with Crippen LogP contribution >= 0.6 is 0 Å². The number of hydrogen-bond donors (Lipinski definition) is 1. The van der Waals surface area contributed by atoms with E-state index in [0.29, 0.717) is 19.6 Å². The zero-order chi connectivity index (χ0) is 15.5. The lowest BCUT2D eigenvalue weighted by Gasteiger charge is -2.16. The second kappa shape index (κ2) is 6.05. The number of hydrogen-bond acceptors (Lipinski definition) is 3. The van der Waals surface area contributed by atoms with Gasteiger partial charge in [-0.1, -0.05) is 12.1 Å². The van der Waals surface area contributed by atoms with E-state index < -0.39 is 11.7 Å². The van der Waals surface area contributed by atoms with Crippen LogP contribution in [0.4, 0.5) is 13.2 Å². The van der Waals surface area contributed by atoms with Crippen molar-refractivity contribution in [1.29, 1.82) is 0 Å². The molecule has 6 heteroatoms. The van der Waals surface area contributed by atoms with Crippen LogP contribution in [-0.2, 0) is 22.3 Å². The summed E-state index contributed by atoms with van der Waals surface area (Å²) in [6, 6.07) is 5.05. The molecule has 1 aromatic rings. The maximum atomic E-state index is 12.5. The molecule has 1 N–H and O–H groups in total. The van der Waals surface area contributed by atoms with Gasteiger partial charge in [0.25, 0.3) is 0 Å². The van der Waals surface area contributed by atoms with Crippen LogP contribution in [0.15, 0.2) is 24.3 Å². The summed E-state index contributed by atoms with van der Waals surface area (Å²) in [4.78, 5) is 11.5. The van der Waals surface area contributed by atoms with Crippen LogP contribution in [0.5, 0.6) is 0 Å². The molecule has 0 bridgehead atoms. The molecule has 0 amide bonds. The van der Waals surface area contributed by atoms with E-state index in [2.05, 4.69) is 5.32 Å². The standard InChI is InChI=1S/C15H18F3NO2/c1-2-21-13(20)9-14(7-8-14)19-10-11-3-5-12(6-4-11)15(16,17)18/h3-6,19H,2,7-10H2,1H3. The van der Waals surface area contributed by atoms with Gasteiger partial charge in [0.05, 0.1) is 18.6 Å². The Kier molecular flexibility index (Phi) is 4.56. The smallest absolute Gasteiger partial charge is 0.416 e. The Hall–Kier alpha value is -1.56. The number of ether oxygens (including phenoxy) is 1. The van der Waals surface area contributed by atoms with Crippen LogP contribution in [-0.4, -0.2) is 18.1 Å². The normalized spacial score (nSPS) is 16.6. The molecule has 0 aromatic heterocycles. The summed E-state index contributed by atoms with van der Waals surface area (Å²) in [5.41, 5.74) is -0.133. The molecule has 0 unspecified atom stereocenters. The monoisotopic (exact) mass is 301 g/mol. The van der Waals surface area contributed by atoms with Gasteiger partial charge in [-0.15, -0.1) is 0 Å². The summed E-state index contributed by atoms with van der Waals surface area (Å²) in [6.07, 6.45) is -2.24. The van der Waals surface area contributed by atoms with Crippen molar-refractivity contribution in [2.24, 2.45) is 0 Å². The van der Waals surface area contributed by atoms with Gasteiger partial charge >= 0.3 is 12.1 Å². The molecule has 1 fully saturated rings. The average molecular weight is 301 g/mol. The maximum Gasteiger partial charge on any atom is 0.416 e. The van der Waals surface area contributed by atoms with Crippen molar-refractivity contribution in [3.63, 3.8) is 0 Å². The van der Waals surface area contributed by atoms with E-state index in [4.69, 9.17) is 4.74 Å². The Morgan fingerprint density at radius 1 is 1.29 bits per heavy atom. The molecule has 1 saturated carbocycles. The van der Waals surface area contributed by atoms with Crippen molar-refractivity contribution in [3.05, 3.63) is 35.4 Å². The summed E-state index contributed by atoms with van der Waals surface area (Å²) >= 11 is 0. The van der Waals surface area contributed by atoms with Crippen LogP contribution in [0.1, 0.15) is 37.3 Å². The maximum absolute atomic E-state index is 12.5. The molecule has 0 saturated heterocycles. The molecule has 0 atom stereocenters. The Labute approximate surface area is 121 Å². The largest absolute Gasteiger partial charge is 0.466 e. The minimum atomic E-state index is -4.31. The number of esters is 1. The molecular formula is C15H18F3NO2. The first-order chi connectivity index (χ1) is 9.85. The summed E-state index contributed by atoms with van der Waals surface area (Å²) in [5.74, 6) is -0.241. The van der Waals surface area contributed by atoms with E-state index in [9.17, 15) is 18.0 Å². The van der Waals surface area contributed by atoms with Crippen LogP contribution < -0.4 is 5.32 Å².